The SMILES string of the molecule is CNc1ncnc(NC(C)c2ccsc2)c1Br. The smallest absolute Gasteiger partial charge is 0.146 e. The van der Waals surface area contributed by atoms with Gasteiger partial charge >= 0.3 is 0 Å². The van der Waals surface area contributed by atoms with Gasteiger partial charge in [-0.25, -0.2) is 9.97 Å². The number of thiophene rings is 1. The molecule has 4 nitrogen and oxygen atoms in total. The Labute approximate surface area is 113 Å². The van der Waals surface area contributed by atoms with E-state index in [4.69, 9.17) is 0 Å². The largest absolute Gasteiger partial charge is 0.372 e. The number of hydrogen-bond donors (Lipinski definition) is 2. The molecule has 0 radical (unpaired) electrons. The summed E-state index contributed by atoms with van der Waals surface area (Å²) in [6, 6.07) is 2.33. The van der Waals surface area contributed by atoms with Crippen molar-refractivity contribution in [3.8, 4) is 0 Å². The van der Waals surface area contributed by atoms with Crippen LogP contribution in [0.2, 0.25) is 0 Å². The molecular weight excluding hydrogens is 300 g/mol. The number of anilines is 2. The van der Waals surface area contributed by atoms with Crippen LogP contribution in [0.5, 0.6) is 0 Å². The third kappa shape index (κ3) is 2.76. The summed E-state index contributed by atoms with van der Waals surface area (Å²) < 4.78 is 0.851. The predicted molar refractivity (Wildman–Crippen MR) is 75.6 cm³/mol. The summed E-state index contributed by atoms with van der Waals surface area (Å²) in [5.41, 5.74) is 1.26. The highest BCUT2D eigenvalue weighted by atomic mass is 79.9. The molecule has 90 valence electrons. The molecule has 1 atom stereocenters. The van der Waals surface area contributed by atoms with E-state index in [0.29, 0.717) is 0 Å². The average molecular weight is 313 g/mol. The molecule has 0 aliphatic carbocycles. The molecule has 2 heterocycles. The molecule has 0 amide bonds. The van der Waals surface area contributed by atoms with Crippen LogP contribution in [-0.2, 0) is 0 Å². The van der Waals surface area contributed by atoms with Gasteiger partial charge in [-0.15, -0.1) is 0 Å². The molecule has 0 bridgehead atoms. The lowest BCUT2D eigenvalue weighted by molar-refractivity contribution is 0.875. The molecule has 0 spiro atoms. The first-order chi connectivity index (χ1) is 8.22. The van der Waals surface area contributed by atoms with Gasteiger partial charge in [-0.3, -0.25) is 0 Å². The molecule has 0 fully saturated rings. The van der Waals surface area contributed by atoms with Gasteiger partial charge in [0, 0.05) is 7.05 Å². The lowest BCUT2D eigenvalue weighted by Gasteiger charge is -2.15. The Morgan fingerprint density at radius 1 is 1.35 bits per heavy atom. The number of rotatable bonds is 4. The number of nitrogens with zero attached hydrogens (tertiary/aromatic N) is 2. The maximum absolute atomic E-state index is 4.23. The highest BCUT2D eigenvalue weighted by molar-refractivity contribution is 9.10. The van der Waals surface area contributed by atoms with Gasteiger partial charge in [-0.2, -0.15) is 11.3 Å². The Balaban J connectivity index is 2.19. The van der Waals surface area contributed by atoms with Crippen molar-refractivity contribution < 1.29 is 0 Å². The van der Waals surface area contributed by atoms with Crippen LogP contribution in [0.3, 0.4) is 0 Å². The Morgan fingerprint density at radius 2 is 2.12 bits per heavy atom. The van der Waals surface area contributed by atoms with E-state index in [0.717, 1.165) is 16.1 Å². The van der Waals surface area contributed by atoms with Gasteiger partial charge < -0.3 is 10.6 Å². The zero-order valence-corrected chi connectivity index (χ0v) is 12.0. The summed E-state index contributed by atoms with van der Waals surface area (Å²) in [6.45, 7) is 2.11. The summed E-state index contributed by atoms with van der Waals surface area (Å²) in [7, 11) is 1.83. The minimum atomic E-state index is 0.220. The van der Waals surface area contributed by atoms with E-state index >= 15 is 0 Å². The molecule has 6 heteroatoms. The minimum Gasteiger partial charge on any atom is -0.372 e. The maximum atomic E-state index is 4.23. The van der Waals surface area contributed by atoms with Crippen LogP contribution in [0.1, 0.15) is 18.5 Å². The first kappa shape index (κ1) is 12.3. The van der Waals surface area contributed by atoms with Crippen molar-refractivity contribution in [3.63, 3.8) is 0 Å². The van der Waals surface area contributed by atoms with Crippen LogP contribution in [0.15, 0.2) is 27.6 Å². The van der Waals surface area contributed by atoms with E-state index in [2.05, 4.69) is 60.3 Å². The van der Waals surface area contributed by atoms with Crippen LogP contribution in [0.4, 0.5) is 11.6 Å². The summed E-state index contributed by atoms with van der Waals surface area (Å²) in [4.78, 5) is 8.35. The van der Waals surface area contributed by atoms with E-state index in [1.165, 1.54) is 5.56 Å². The van der Waals surface area contributed by atoms with Gasteiger partial charge in [0.2, 0.25) is 0 Å². The van der Waals surface area contributed by atoms with E-state index in [9.17, 15) is 0 Å². The van der Waals surface area contributed by atoms with Crippen LogP contribution in [0.25, 0.3) is 0 Å². The third-order valence-corrected chi connectivity index (χ3v) is 3.88. The van der Waals surface area contributed by atoms with Gasteiger partial charge in [-0.1, -0.05) is 0 Å². The molecule has 0 aliphatic heterocycles. The van der Waals surface area contributed by atoms with Crippen LogP contribution < -0.4 is 10.6 Å². The summed E-state index contributed by atoms with van der Waals surface area (Å²) in [5.74, 6) is 1.57. The van der Waals surface area contributed by atoms with Crippen molar-refractivity contribution in [3.05, 3.63) is 33.2 Å². The van der Waals surface area contributed by atoms with Crippen molar-refractivity contribution >= 4 is 38.9 Å². The lowest BCUT2D eigenvalue weighted by atomic mass is 10.2. The highest BCUT2D eigenvalue weighted by Gasteiger charge is 2.11. The molecule has 0 saturated carbocycles. The monoisotopic (exact) mass is 312 g/mol. The van der Waals surface area contributed by atoms with E-state index in [-0.39, 0.29) is 6.04 Å². The Morgan fingerprint density at radius 3 is 2.76 bits per heavy atom. The minimum absolute atomic E-state index is 0.220. The Kier molecular flexibility index (Phi) is 3.96. The fourth-order valence-corrected chi connectivity index (χ4v) is 2.73. The van der Waals surface area contributed by atoms with Crippen molar-refractivity contribution in [2.24, 2.45) is 0 Å². The van der Waals surface area contributed by atoms with Crippen LogP contribution >= 0.6 is 27.3 Å². The van der Waals surface area contributed by atoms with Gasteiger partial charge in [0.25, 0.3) is 0 Å². The first-order valence-corrected chi connectivity index (χ1v) is 6.93. The molecule has 17 heavy (non-hydrogen) atoms. The topological polar surface area (TPSA) is 49.8 Å². The van der Waals surface area contributed by atoms with E-state index < -0.39 is 0 Å². The van der Waals surface area contributed by atoms with Gasteiger partial charge in [0.15, 0.2) is 0 Å². The van der Waals surface area contributed by atoms with E-state index in [1.54, 1.807) is 17.7 Å². The number of hydrogen-bond acceptors (Lipinski definition) is 5. The second kappa shape index (κ2) is 5.46. The molecule has 0 aromatic carbocycles. The standard InChI is InChI=1S/C11H13BrN4S/c1-7(8-3-4-17-5-8)16-11-9(12)10(13-2)14-6-15-11/h3-7H,1-2H3,(H2,13,14,15,16). The molecule has 0 aliphatic rings. The lowest BCUT2D eigenvalue weighted by Crippen LogP contribution is -2.09. The molecule has 2 N–H and O–H groups in total. The van der Waals surface area contributed by atoms with Gasteiger partial charge in [0.1, 0.15) is 22.4 Å². The average Bonchev–Trinajstić information content (AvgIpc) is 2.85. The zero-order valence-electron chi connectivity index (χ0n) is 9.57. The van der Waals surface area contributed by atoms with Crippen molar-refractivity contribution in [1.29, 1.82) is 0 Å². The molecule has 0 saturated heterocycles. The second-order valence-electron chi connectivity index (χ2n) is 3.56. The fourth-order valence-electron chi connectivity index (χ4n) is 1.45. The highest BCUT2D eigenvalue weighted by Crippen LogP contribution is 2.29. The predicted octanol–water partition coefficient (Wildman–Crippen LogP) is 3.52. The molecular formula is C11H13BrN4S. The summed E-state index contributed by atoms with van der Waals surface area (Å²) in [5, 5.41) is 10.6. The quantitative estimate of drug-likeness (QED) is 0.907. The van der Waals surface area contributed by atoms with Crippen molar-refractivity contribution in [2.45, 2.75) is 13.0 Å². The van der Waals surface area contributed by atoms with Crippen LogP contribution in [-0.4, -0.2) is 17.0 Å². The second-order valence-corrected chi connectivity index (χ2v) is 5.13. The normalized spacial score (nSPS) is 12.2. The Bertz CT molecular complexity index is 486. The molecule has 2 rings (SSSR count). The van der Waals surface area contributed by atoms with E-state index in [1.807, 2.05) is 7.05 Å². The summed E-state index contributed by atoms with van der Waals surface area (Å²) in [6.07, 6.45) is 1.54. The van der Waals surface area contributed by atoms with Gasteiger partial charge in [-0.05, 0) is 45.2 Å². The van der Waals surface area contributed by atoms with Crippen molar-refractivity contribution in [1.82, 2.24) is 9.97 Å². The third-order valence-electron chi connectivity index (χ3n) is 2.42. The number of nitrogens with one attached hydrogen (secondary N) is 2. The molecule has 2 aromatic heterocycles. The zero-order chi connectivity index (χ0) is 12.3. The first-order valence-electron chi connectivity index (χ1n) is 5.19. The number of aromatic nitrogens is 2. The fraction of sp³-hybridized carbons (Fsp3) is 0.273. The molecule has 1 unspecified atom stereocenters. The Hall–Kier alpha value is -1.14. The van der Waals surface area contributed by atoms with Crippen LogP contribution in [0, 0.1) is 0 Å². The maximum Gasteiger partial charge on any atom is 0.146 e. The summed E-state index contributed by atoms with van der Waals surface area (Å²) >= 11 is 5.18. The molecule has 2 aromatic rings. The van der Waals surface area contributed by atoms with Crippen molar-refractivity contribution in [2.75, 3.05) is 17.7 Å². The number of halogens is 1. The van der Waals surface area contributed by atoms with Gasteiger partial charge in [0.05, 0.1) is 6.04 Å².